The van der Waals surface area contributed by atoms with Crippen molar-refractivity contribution in [1.29, 1.82) is 0 Å². The van der Waals surface area contributed by atoms with Crippen LogP contribution in [0.1, 0.15) is 18.4 Å². The molecular formula is C12H15N3O4S. The number of fused-ring (bicyclic) bond motifs is 1. The third kappa shape index (κ3) is 3.14. The summed E-state index contributed by atoms with van der Waals surface area (Å²) in [4.78, 5) is 0. The number of ether oxygens (including phenoxy) is 1. The summed E-state index contributed by atoms with van der Waals surface area (Å²) >= 11 is 0. The predicted octanol–water partition coefficient (Wildman–Crippen LogP) is 0.821. The average molecular weight is 297 g/mol. The Kier molecular flexibility index (Phi) is 3.68. The van der Waals surface area contributed by atoms with Crippen LogP contribution in [0.5, 0.6) is 0 Å². The fourth-order valence-electron chi connectivity index (χ4n) is 2.21. The largest absolute Gasteiger partial charge is 0.377 e. The quantitative estimate of drug-likeness (QED) is 0.878. The first-order valence-corrected chi connectivity index (χ1v) is 8.08. The zero-order valence-electron chi connectivity index (χ0n) is 10.8. The van der Waals surface area contributed by atoms with Gasteiger partial charge in [-0.25, -0.2) is 17.8 Å². The van der Waals surface area contributed by atoms with E-state index >= 15 is 0 Å². The minimum atomic E-state index is -3.38. The Morgan fingerprint density at radius 2 is 2.15 bits per heavy atom. The first-order valence-electron chi connectivity index (χ1n) is 6.42. The topological polar surface area (TPSA) is 94.3 Å². The standard InChI is InChI=1S/C12H15N3O4S/c16-20(17,13-7-10-2-1-5-18-10)8-9-3-4-11-12(6-9)15-19-14-11/h3-4,6,10,13H,1-2,5,7-8H2. The SMILES string of the molecule is O=S(=O)(Cc1ccc2nonc2c1)NCC1CCCO1. The first kappa shape index (κ1) is 13.5. The summed E-state index contributed by atoms with van der Waals surface area (Å²) < 4.78 is 36.6. The fraction of sp³-hybridized carbons (Fsp3) is 0.500. The Hall–Kier alpha value is -1.51. The minimum Gasteiger partial charge on any atom is -0.377 e. The van der Waals surface area contributed by atoms with Gasteiger partial charge in [0.15, 0.2) is 0 Å². The second kappa shape index (κ2) is 5.47. The zero-order valence-corrected chi connectivity index (χ0v) is 11.6. The van der Waals surface area contributed by atoms with E-state index < -0.39 is 10.0 Å². The van der Waals surface area contributed by atoms with E-state index in [9.17, 15) is 8.42 Å². The Morgan fingerprint density at radius 3 is 2.95 bits per heavy atom. The molecule has 1 aliphatic rings. The number of nitrogens with one attached hydrogen (secondary N) is 1. The van der Waals surface area contributed by atoms with Crippen molar-refractivity contribution in [3.8, 4) is 0 Å². The van der Waals surface area contributed by atoms with E-state index in [0.29, 0.717) is 29.7 Å². The van der Waals surface area contributed by atoms with Crippen LogP contribution in [-0.2, 0) is 20.5 Å². The van der Waals surface area contributed by atoms with Crippen molar-refractivity contribution in [3.05, 3.63) is 23.8 Å². The lowest BCUT2D eigenvalue weighted by Gasteiger charge is -2.11. The van der Waals surface area contributed by atoms with Crippen molar-refractivity contribution >= 4 is 21.1 Å². The molecule has 0 radical (unpaired) electrons. The second-order valence-corrected chi connectivity index (χ2v) is 6.64. The van der Waals surface area contributed by atoms with Crippen LogP contribution in [0.25, 0.3) is 11.0 Å². The van der Waals surface area contributed by atoms with Gasteiger partial charge in [-0.05, 0) is 40.9 Å². The van der Waals surface area contributed by atoms with Crippen LogP contribution in [-0.4, -0.2) is 38.0 Å². The molecule has 0 spiro atoms. The van der Waals surface area contributed by atoms with Crippen LogP contribution in [0.3, 0.4) is 0 Å². The maximum Gasteiger partial charge on any atom is 0.215 e. The number of hydrogen-bond acceptors (Lipinski definition) is 6. The summed E-state index contributed by atoms with van der Waals surface area (Å²) in [6, 6.07) is 5.06. The minimum absolute atomic E-state index is 0.00741. The Bertz CT molecular complexity index is 692. The number of aromatic nitrogens is 2. The predicted molar refractivity (Wildman–Crippen MR) is 71.4 cm³/mol. The molecule has 8 heteroatoms. The van der Waals surface area contributed by atoms with Crippen molar-refractivity contribution in [2.24, 2.45) is 0 Å². The van der Waals surface area contributed by atoms with E-state index in [4.69, 9.17) is 4.74 Å². The molecule has 108 valence electrons. The van der Waals surface area contributed by atoms with Gasteiger partial charge in [0.05, 0.1) is 11.9 Å². The number of nitrogens with zero attached hydrogens (tertiary/aromatic N) is 2. The highest BCUT2D eigenvalue weighted by Gasteiger charge is 2.19. The lowest BCUT2D eigenvalue weighted by molar-refractivity contribution is 0.114. The van der Waals surface area contributed by atoms with Crippen LogP contribution < -0.4 is 4.72 Å². The molecule has 1 aromatic carbocycles. The molecule has 1 saturated heterocycles. The highest BCUT2D eigenvalue weighted by molar-refractivity contribution is 7.88. The highest BCUT2D eigenvalue weighted by atomic mass is 32.2. The summed E-state index contributed by atoms with van der Waals surface area (Å²) in [7, 11) is -3.38. The van der Waals surface area contributed by atoms with Crippen LogP contribution in [0.15, 0.2) is 22.8 Å². The normalized spacial score (nSPS) is 19.7. The van der Waals surface area contributed by atoms with Gasteiger partial charge in [-0.3, -0.25) is 0 Å². The summed E-state index contributed by atoms with van der Waals surface area (Å²) in [6.45, 7) is 1.04. The van der Waals surface area contributed by atoms with Crippen LogP contribution in [0, 0.1) is 0 Å². The van der Waals surface area contributed by atoms with E-state index in [1.54, 1.807) is 18.2 Å². The molecule has 2 heterocycles. The maximum atomic E-state index is 12.0. The molecule has 0 amide bonds. The van der Waals surface area contributed by atoms with Crippen LogP contribution in [0.4, 0.5) is 0 Å². The molecule has 20 heavy (non-hydrogen) atoms. The number of rotatable bonds is 5. The molecule has 7 nitrogen and oxygen atoms in total. The van der Waals surface area contributed by atoms with Gasteiger partial charge >= 0.3 is 0 Å². The third-order valence-corrected chi connectivity index (χ3v) is 4.55. The average Bonchev–Trinajstić information content (AvgIpc) is 3.06. The molecule has 3 rings (SSSR count). The van der Waals surface area contributed by atoms with Gasteiger partial charge < -0.3 is 4.74 Å². The second-order valence-electron chi connectivity index (χ2n) is 4.83. The zero-order chi connectivity index (χ0) is 14.0. The van der Waals surface area contributed by atoms with E-state index in [1.807, 2.05) is 0 Å². The molecule has 0 saturated carbocycles. The molecule has 0 aliphatic carbocycles. The van der Waals surface area contributed by atoms with Crippen molar-refractivity contribution < 1.29 is 17.8 Å². The molecule has 2 aromatic rings. The molecule has 1 aliphatic heterocycles. The van der Waals surface area contributed by atoms with Crippen molar-refractivity contribution in [3.63, 3.8) is 0 Å². The Morgan fingerprint density at radius 1 is 1.30 bits per heavy atom. The van der Waals surface area contributed by atoms with E-state index in [2.05, 4.69) is 19.7 Å². The van der Waals surface area contributed by atoms with Gasteiger partial charge in [0, 0.05) is 13.2 Å². The summed E-state index contributed by atoms with van der Waals surface area (Å²) in [5.41, 5.74) is 1.81. The van der Waals surface area contributed by atoms with Gasteiger partial charge in [-0.1, -0.05) is 6.07 Å². The number of sulfonamides is 1. The van der Waals surface area contributed by atoms with E-state index in [0.717, 1.165) is 12.8 Å². The van der Waals surface area contributed by atoms with Gasteiger partial charge in [0.1, 0.15) is 11.0 Å². The fourth-order valence-corrected chi connectivity index (χ4v) is 3.37. The van der Waals surface area contributed by atoms with Gasteiger partial charge in [0.2, 0.25) is 10.0 Å². The van der Waals surface area contributed by atoms with Crippen molar-refractivity contribution in [2.75, 3.05) is 13.2 Å². The summed E-state index contributed by atoms with van der Waals surface area (Å²) in [6.07, 6.45) is 1.88. The molecule has 1 unspecified atom stereocenters. The number of hydrogen-bond donors (Lipinski definition) is 1. The molecule has 1 N–H and O–H groups in total. The lowest BCUT2D eigenvalue weighted by Crippen LogP contribution is -2.32. The Labute approximate surface area is 116 Å². The number of benzene rings is 1. The molecule has 1 atom stereocenters. The molecular weight excluding hydrogens is 282 g/mol. The van der Waals surface area contributed by atoms with Crippen LogP contribution >= 0.6 is 0 Å². The van der Waals surface area contributed by atoms with Crippen molar-refractivity contribution in [1.82, 2.24) is 15.0 Å². The van der Waals surface area contributed by atoms with Gasteiger partial charge in [-0.15, -0.1) is 0 Å². The Balaban J connectivity index is 1.65. The summed E-state index contributed by atoms with van der Waals surface area (Å²) in [5, 5.41) is 7.37. The molecule has 1 fully saturated rings. The maximum absolute atomic E-state index is 12.0. The monoisotopic (exact) mass is 297 g/mol. The van der Waals surface area contributed by atoms with E-state index in [-0.39, 0.29) is 11.9 Å². The van der Waals surface area contributed by atoms with Crippen molar-refractivity contribution in [2.45, 2.75) is 24.7 Å². The first-order chi connectivity index (χ1) is 9.62. The smallest absolute Gasteiger partial charge is 0.215 e. The van der Waals surface area contributed by atoms with E-state index in [1.165, 1.54) is 0 Å². The van der Waals surface area contributed by atoms with Gasteiger partial charge in [-0.2, -0.15) is 0 Å². The molecule has 0 bridgehead atoms. The molecule has 1 aromatic heterocycles. The lowest BCUT2D eigenvalue weighted by atomic mass is 10.2. The highest BCUT2D eigenvalue weighted by Crippen LogP contribution is 2.14. The van der Waals surface area contributed by atoms with Crippen LogP contribution in [0.2, 0.25) is 0 Å². The third-order valence-electron chi connectivity index (χ3n) is 3.23. The summed E-state index contributed by atoms with van der Waals surface area (Å²) in [5.74, 6) is -0.0947. The van der Waals surface area contributed by atoms with Gasteiger partial charge in [0.25, 0.3) is 0 Å².